The molecule has 0 aliphatic rings. The van der Waals surface area contributed by atoms with Gasteiger partial charge in [-0.2, -0.15) is 0 Å². The smallest absolute Gasteiger partial charge is 0.160 e. The van der Waals surface area contributed by atoms with Gasteiger partial charge in [0, 0.05) is 35.1 Å². The molecule has 0 saturated heterocycles. The van der Waals surface area contributed by atoms with Gasteiger partial charge in [-0.15, -0.1) is 21.5 Å². The third-order valence-electron chi connectivity index (χ3n) is 2.89. The van der Waals surface area contributed by atoms with Crippen molar-refractivity contribution < 1.29 is 0 Å². The standard InChI is InChI=1S/C13H13BrN4S/c14-10-5-8-19-11(10)9-15-6-4-13-17-16-12-3-1-2-7-18(12)13/h1-3,5,7-8,15H,4,6,9H2. The Labute approximate surface area is 123 Å². The molecule has 3 heterocycles. The summed E-state index contributed by atoms with van der Waals surface area (Å²) in [6.45, 7) is 1.77. The Bertz CT molecular complexity index is 676. The third-order valence-corrected chi connectivity index (χ3v) is 4.81. The van der Waals surface area contributed by atoms with Crippen LogP contribution in [0.5, 0.6) is 0 Å². The number of pyridine rings is 1. The van der Waals surface area contributed by atoms with E-state index in [1.54, 1.807) is 11.3 Å². The lowest BCUT2D eigenvalue weighted by atomic mass is 10.3. The molecule has 0 aromatic carbocycles. The second-order valence-electron chi connectivity index (χ2n) is 4.16. The van der Waals surface area contributed by atoms with Crippen molar-refractivity contribution in [3.8, 4) is 0 Å². The molecule has 0 radical (unpaired) electrons. The number of aromatic nitrogens is 3. The molecule has 4 nitrogen and oxygen atoms in total. The molecule has 0 aliphatic carbocycles. The van der Waals surface area contributed by atoms with Crippen LogP contribution in [0, 0.1) is 0 Å². The van der Waals surface area contributed by atoms with Crippen molar-refractivity contribution in [1.29, 1.82) is 0 Å². The Morgan fingerprint density at radius 1 is 1.26 bits per heavy atom. The number of thiophene rings is 1. The van der Waals surface area contributed by atoms with Crippen LogP contribution in [-0.2, 0) is 13.0 Å². The van der Waals surface area contributed by atoms with Gasteiger partial charge in [0.15, 0.2) is 5.65 Å². The lowest BCUT2D eigenvalue weighted by molar-refractivity contribution is 0.671. The van der Waals surface area contributed by atoms with E-state index in [1.165, 1.54) is 9.35 Å². The van der Waals surface area contributed by atoms with Crippen LogP contribution in [0.4, 0.5) is 0 Å². The van der Waals surface area contributed by atoms with E-state index in [-0.39, 0.29) is 0 Å². The molecule has 3 aromatic rings. The van der Waals surface area contributed by atoms with Gasteiger partial charge in [-0.1, -0.05) is 6.07 Å². The molecule has 1 N–H and O–H groups in total. The minimum atomic E-state index is 0.869. The van der Waals surface area contributed by atoms with E-state index >= 15 is 0 Å². The molecule has 3 rings (SSSR count). The highest BCUT2D eigenvalue weighted by Crippen LogP contribution is 2.22. The summed E-state index contributed by atoms with van der Waals surface area (Å²) in [5, 5.41) is 13.9. The van der Waals surface area contributed by atoms with Crippen molar-refractivity contribution in [3.63, 3.8) is 0 Å². The molecular formula is C13H13BrN4S. The first-order chi connectivity index (χ1) is 9.34. The lowest BCUT2D eigenvalue weighted by Crippen LogP contribution is -2.17. The Morgan fingerprint density at radius 3 is 3.05 bits per heavy atom. The first-order valence-electron chi connectivity index (χ1n) is 6.06. The number of hydrogen-bond donors (Lipinski definition) is 1. The molecule has 6 heteroatoms. The van der Waals surface area contributed by atoms with Gasteiger partial charge in [0.2, 0.25) is 0 Å². The summed E-state index contributed by atoms with van der Waals surface area (Å²) >= 11 is 5.29. The normalized spacial score (nSPS) is 11.2. The fourth-order valence-electron chi connectivity index (χ4n) is 1.91. The molecule has 98 valence electrons. The van der Waals surface area contributed by atoms with E-state index < -0.39 is 0 Å². The third kappa shape index (κ3) is 2.86. The minimum Gasteiger partial charge on any atom is -0.311 e. The van der Waals surface area contributed by atoms with Crippen LogP contribution in [0.25, 0.3) is 5.65 Å². The van der Waals surface area contributed by atoms with Crippen molar-refractivity contribution >= 4 is 32.9 Å². The Balaban J connectivity index is 1.57. The summed E-state index contributed by atoms with van der Waals surface area (Å²) in [6.07, 6.45) is 2.87. The molecule has 0 fully saturated rings. The van der Waals surface area contributed by atoms with E-state index in [0.29, 0.717) is 0 Å². The molecule has 0 spiro atoms. The van der Waals surface area contributed by atoms with Gasteiger partial charge in [-0.3, -0.25) is 4.40 Å². The molecule has 0 aliphatic heterocycles. The van der Waals surface area contributed by atoms with Gasteiger partial charge in [0.25, 0.3) is 0 Å². The zero-order valence-corrected chi connectivity index (χ0v) is 12.6. The number of nitrogens with one attached hydrogen (secondary N) is 1. The number of rotatable bonds is 5. The van der Waals surface area contributed by atoms with Gasteiger partial charge < -0.3 is 5.32 Å². The topological polar surface area (TPSA) is 42.2 Å². The second-order valence-corrected chi connectivity index (χ2v) is 6.02. The van der Waals surface area contributed by atoms with Crippen molar-refractivity contribution in [3.05, 3.63) is 51.0 Å². The average Bonchev–Trinajstić information content (AvgIpc) is 3.02. The quantitative estimate of drug-likeness (QED) is 0.728. The van der Waals surface area contributed by atoms with E-state index in [9.17, 15) is 0 Å². The van der Waals surface area contributed by atoms with Crippen LogP contribution in [0.2, 0.25) is 0 Å². The van der Waals surface area contributed by atoms with Crippen molar-refractivity contribution in [2.24, 2.45) is 0 Å². The number of hydrogen-bond acceptors (Lipinski definition) is 4. The maximum Gasteiger partial charge on any atom is 0.160 e. The first kappa shape index (κ1) is 12.8. The molecule has 19 heavy (non-hydrogen) atoms. The molecular weight excluding hydrogens is 324 g/mol. The van der Waals surface area contributed by atoms with E-state index in [2.05, 4.69) is 42.9 Å². The highest BCUT2D eigenvalue weighted by molar-refractivity contribution is 9.10. The second kappa shape index (κ2) is 5.81. The van der Waals surface area contributed by atoms with Gasteiger partial charge in [0.05, 0.1) is 0 Å². The van der Waals surface area contributed by atoms with Crippen LogP contribution in [0.15, 0.2) is 40.3 Å². The highest BCUT2D eigenvalue weighted by atomic mass is 79.9. The van der Waals surface area contributed by atoms with Crippen molar-refractivity contribution in [2.45, 2.75) is 13.0 Å². The average molecular weight is 337 g/mol. The largest absolute Gasteiger partial charge is 0.311 e. The van der Waals surface area contributed by atoms with E-state index in [4.69, 9.17) is 0 Å². The molecule has 0 atom stereocenters. The number of fused-ring (bicyclic) bond motifs is 1. The Morgan fingerprint density at radius 2 is 2.21 bits per heavy atom. The summed E-state index contributed by atoms with van der Waals surface area (Å²) in [7, 11) is 0. The number of halogens is 1. The van der Waals surface area contributed by atoms with Gasteiger partial charge >= 0.3 is 0 Å². The summed E-state index contributed by atoms with van der Waals surface area (Å²) in [4.78, 5) is 1.33. The van der Waals surface area contributed by atoms with Crippen molar-refractivity contribution in [2.75, 3.05) is 6.54 Å². The van der Waals surface area contributed by atoms with E-state index in [0.717, 1.165) is 31.0 Å². The Kier molecular flexibility index (Phi) is 3.91. The van der Waals surface area contributed by atoms with Crippen LogP contribution in [-0.4, -0.2) is 21.1 Å². The van der Waals surface area contributed by atoms with Crippen LogP contribution in [0.1, 0.15) is 10.7 Å². The highest BCUT2D eigenvalue weighted by Gasteiger charge is 2.04. The molecule has 0 saturated carbocycles. The zero-order valence-electron chi connectivity index (χ0n) is 10.2. The summed E-state index contributed by atoms with van der Waals surface area (Å²) in [5.41, 5.74) is 0.901. The van der Waals surface area contributed by atoms with Crippen LogP contribution >= 0.6 is 27.3 Å². The number of nitrogens with zero attached hydrogens (tertiary/aromatic N) is 3. The van der Waals surface area contributed by atoms with Crippen LogP contribution in [0.3, 0.4) is 0 Å². The maximum atomic E-state index is 4.21. The van der Waals surface area contributed by atoms with Gasteiger partial charge in [-0.25, -0.2) is 0 Å². The summed E-state index contributed by atoms with van der Waals surface area (Å²) < 4.78 is 3.21. The molecule has 0 unspecified atom stereocenters. The molecule has 3 aromatic heterocycles. The van der Waals surface area contributed by atoms with Crippen LogP contribution < -0.4 is 5.32 Å². The monoisotopic (exact) mass is 336 g/mol. The van der Waals surface area contributed by atoms with E-state index in [1.807, 2.05) is 28.8 Å². The zero-order chi connectivity index (χ0) is 13.1. The SMILES string of the molecule is Brc1ccsc1CNCCc1nnc2ccccn12. The predicted molar refractivity (Wildman–Crippen MR) is 80.4 cm³/mol. The fraction of sp³-hybridized carbons (Fsp3) is 0.231. The predicted octanol–water partition coefficient (Wildman–Crippen LogP) is 2.89. The lowest BCUT2D eigenvalue weighted by Gasteiger charge is -2.03. The fourth-order valence-corrected chi connectivity index (χ4v) is 3.38. The maximum absolute atomic E-state index is 4.21. The van der Waals surface area contributed by atoms with Crippen molar-refractivity contribution in [1.82, 2.24) is 19.9 Å². The van der Waals surface area contributed by atoms with Gasteiger partial charge in [-0.05, 0) is 39.5 Å². The molecule has 0 amide bonds. The minimum absolute atomic E-state index is 0.869. The first-order valence-corrected chi connectivity index (χ1v) is 7.73. The van der Waals surface area contributed by atoms with Gasteiger partial charge in [0.1, 0.15) is 5.82 Å². The Hall–Kier alpha value is -1.24. The molecule has 0 bridgehead atoms. The summed E-state index contributed by atoms with van der Waals surface area (Å²) in [6, 6.07) is 8.01. The summed E-state index contributed by atoms with van der Waals surface area (Å²) in [5.74, 6) is 0.994.